The number of rotatable bonds is 3. The van der Waals surface area contributed by atoms with Gasteiger partial charge in [0, 0.05) is 16.0 Å². The Morgan fingerprint density at radius 2 is 1.93 bits per heavy atom. The normalized spacial score (nSPS) is 13.8. The molecule has 1 aliphatic rings. The van der Waals surface area contributed by atoms with Crippen LogP contribution in [0.3, 0.4) is 0 Å². The molecule has 0 bridgehead atoms. The minimum Gasteiger partial charge on any atom is -0.365 e. The molecule has 0 unspecified atom stereocenters. The number of nitrogens with one attached hydrogen (secondary N) is 1. The average Bonchev–Trinajstić information content (AvgIpc) is 2.82. The van der Waals surface area contributed by atoms with Crippen LogP contribution in [-0.2, 0) is 12.8 Å². The molecule has 2 heterocycles. The van der Waals surface area contributed by atoms with Gasteiger partial charge in [0.25, 0.3) is 11.8 Å². The number of primary amides is 1. The van der Waals surface area contributed by atoms with Crippen molar-refractivity contribution in [3.8, 4) is 0 Å². The number of carbonyl (C=O) groups excluding carboxylic acids is 2. The highest BCUT2D eigenvalue weighted by Crippen LogP contribution is 2.37. The molecule has 5 nitrogen and oxygen atoms in total. The van der Waals surface area contributed by atoms with Crippen LogP contribution in [0.4, 0.5) is 5.00 Å². The molecule has 0 fully saturated rings. The van der Waals surface area contributed by atoms with Crippen LogP contribution in [0.25, 0.3) is 10.9 Å². The summed E-state index contributed by atoms with van der Waals surface area (Å²) in [6.07, 6.45) is 5.09. The molecule has 27 heavy (non-hydrogen) atoms. The summed E-state index contributed by atoms with van der Waals surface area (Å²) in [6.45, 7) is 1.87. The number of thiophene rings is 1. The van der Waals surface area contributed by atoms with Crippen LogP contribution < -0.4 is 11.1 Å². The summed E-state index contributed by atoms with van der Waals surface area (Å²) >= 11 is 1.49. The highest BCUT2D eigenvalue weighted by atomic mass is 32.1. The molecule has 3 aromatic rings. The number of hydrogen-bond donors (Lipinski definition) is 2. The van der Waals surface area contributed by atoms with Gasteiger partial charge < -0.3 is 11.1 Å². The van der Waals surface area contributed by atoms with Crippen molar-refractivity contribution in [3.05, 3.63) is 57.6 Å². The topological polar surface area (TPSA) is 85.1 Å². The molecule has 0 spiro atoms. The Balaban J connectivity index is 1.75. The molecule has 2 aromatic heterocycles. The van der Waals surface area contributed by atoms with Crippen LogP contribution in [0.1, 0.15) is 56.1 Å². The number of aromatic nitrogens is 1. The number of pyridine rings is 1. The monoisotopic (exact) mass is 379 g/mol. The fourth-order valence-electron chi connectivity index (χ4n) is 3.76. The molecule has 0 atom stereocenters. The number of para-hydroxylation sites is 1. The summed E-state index contributed by atoms with van der Waals surface area (Å²) in [4.78, 5) is 30.8. The van der Waals surface area contributed by atoms with E-state index in [2.05, 4.69) is 10.3 Å². The van der Waals surface area contributed by atoms with Crippen molar-refractivity contribution < 1.29 is 9.59 Å². The molecular formula is C21H21N3O2S. The molecule has 3 N–H and O–H groups in total. The molecule has 0 radical (unpaired) electrons. The summed E-state index contributed by atoms with van der Waals surface area (Å²) in [5, 5.41) is 4.31. The first-order valence-electron chi connectivity index (χ1n) is 9.16. The van der Waals surface area contributed by atoms with Crippen LogP contribution >= 0.6 is 11.3 Å². The molecule has 0 aliphatic heterocycles. The number of nitrogens with two attached hydrogens (primary N) is 1. The Hall–Kier alpha value is -2.73. The van der Waals surface area contributed by atoms with Crippen LogP contribution in [0.5, 0.6) is 0 Å². The van der Waals surface area contributed by atoms with Gasteiger partial charge >= 0.3 is 0 Å². The zero-order valence-electron chi connectivity index (χ0n) is 15.2. The van der Waals surface area contributed by atoms with Gasteiger partial charge in [0.1, 0.15) is 5.00 Å². The van der Waals surface area contributed by atoms with Crippen molar-refractivity contribution in [2.45, 2.75) is 39.0 Å². The zero-order chi connectivity index (χ0) is 19.0. The van der Waals surface area contributed by atoms with Crippen molar-refractivity contribution in [2.75, 3.05) is 5.32 Å². The Labute approximate surface area is 161 Å². The van der Waals surface area contributed by atoms with E-state index >= 15 is 0 Å². The number of carbonyl (C=O) groups is 2. The summed E-state index contributed by atoms with van der Waals surface area (Å²) in [5.74, 6) is -0.712. The second-order valence-corrected chi connectivity index (χ2v) is 8.02. The SMILES string of the molecule is Cc1cc(C(=O)Nc2sc3c(c2C(N)=O)CCCCC3)c2ccccc2n1. The lowest BCUT2D eigenvalue weighted by atomic mass is 10.0. The summed E-state index contributed by atoms with van der Waals surface area (Å²) in [6, 6.07) is 9.34. The minimum atomic E-state index is -0.472. The van der Waals surface area contributed by atoms with Crippen molar-refractivity contribution in [1.82, 2.24) is 4.98 Å². The smallest absolute Gasteiger partial charge is 0.257 e. The summed E-state index contributed by atoms with van der Waals surface area (Å²) in [5.41, 5.74) is 9.28. The Morgan fingerprint density at radius 1 is 1.15 bits per heavy atom. The van der Waals surface area contributed by atoms with E-state index in [0.29, 0.717) is 16.1 Å². The van der Waals surface area contributed by atoms with E-state index in [1.54, 1.807) is 6.07 Å². The Kier molecular flexibility index (Phi) is 4.66. The highest BCUT2D eigenvalue weighted by Gasteiger charge is 2.25. The first-order valence-corrected chi connectivity index (χ1v) is 9.98. The van der Waals surface area contributed by atoms with Crippen molar-refractivity contribution in [2.24, 2.45) is 5.73 Å². The molecule has 2 amide bonds. The number of benzene rings is 1. The van der Waals surface area contributed by atoms with E-state index in [0.717, 1.165) is 54.3 Å². The predicted molar refractivity (Wildman–Crippen MR) is 109 cm³/mol. The lowest BCUT2D eigenvalue weighted by Crippen LogP contribution is -2.18. The van der Waals surface area contributed by atoms with E-state index in [-0.39, 0.29) is 5.91 Å². The highest BCUT2D eigenvalue weighted by molar-refractivity contribution is 7.17. The van der Waals surface area contributed by atoms with Gasteiger partial charge in [0.05, 0.1) is 16.6 Å². The van der Waals surface area contributed by atoms with E-state index in [1.165, 1.54) is 16.2 Å². The Bertz CT molecular complexity index is 1060. The molecule has 1 aliphatic carbocycles. The fourth-order valence-corrected chi connectivity index (χ4v) is 5.05. The van der Waals surface area contributed by atoms with E-state index in [1.807, 2.05) is 31.2 Å². The van der Waals surface area contributed by atoms with Gasteiger partial charge in [-0.1, -0.05) is 24.6 Å². The maximum atomic E-state index is 13.1. The van der Waals surface area contributed by atoms with E-state index in [4.69, 9.17) is 5.73 Å². The standard InChI is InChI=1S/C21H21N3O2S/c1-12-11-15(13-7-5-6-9-16(13)23-12)20(26)24-21-18(19(22)25)14-8-3-2-4-10-17(14)27-21/h5-7,9,11H,2-4,8,10H2,1H3,(H2,22,25)(H,24,26). The lowest BCUT2D eigenvalue weighted by Gasteiger charge is -2.09. The van der Waals surface area contributed by atoms with Crippen LogP contribution in [0, 0.1) is 6.92 Å². The van der Waals surface area contributed by atoms with Gasteiger partial charge in [-0.3, -0.25) is 14.6 Å². The molecule has 1 aromatic carbocycles. The summed E-state index contributed by atoms with van der Waals surface area (Å²) in [7, 11) is 0. The van der Waals surface area contributed by atoms with Gasteiger partial charge in [0.15, 0.2) is 0 Å². The van der Waals surface area contributed by atoms with Gasteiger partial charge in [-0.2, -0.15) is 0 Å². The Morgan fingerprint density at radius 3 is 2.74 bits per heavy atom. The van der Waals surface area contributed by atoms with Crippen molar-refractivity contribution in [1.29, 1.82) is 0 Å². The van der Waals surface area contributed by atoms with Crippen LogP contribution in [-0.4, -0.2) is 16.8 Å². The predicted octanol–water partition coefficient (Wildman–Crippen LogP) is 4.22. The van der Waals surface area contributed by atoms with E-state index < -0.39 is 5.91 Å². The number of amides is 2. The third-order valence-corrected chi connectivity index (χ3v) is 6.19. The number of aryl methyl sites for hydroxylation is 2. The fraction of sp³-hybridized carbons (Fsp3) is 0.286. The van der Waals surface area contributed by atoms with Gasteiger partial charge in [0.2, 0.25) is 0 Å². The zero-order valence-corrected chi connectivity index (χ0v) is 16.0. The third kappa shape index (κ3) is 3.32. The van der Waals surface area contributed by atoms with Crippen LogP contribution in [0.2, 0.25) is 0 Å². The van der Waals surface area contributed by atoms with Crippen LogP contribution in [0.15, 0.2) is 30.3 Å². The number of nitrogens with zero attached hydrogens (tertiary/aromatic N) is 1. The molecule has 4 rings (SSSR count). The van der Waals surface area contributed by atoms with Gasteiger partial charge in [-0.05, 0) is 50.3 Å². The maximum Gasteiger partial charge on any atom is 0.257 e. The number of fused-ring (bicyclic) bond motifs is 2. The first kappa shape index (κ1) is 17.7. The number of anilines is 1. The summed E-state index contributed by atoms with van der Waals surface area (Å²) < 4.78 is 0. The quantitative estimate of drug-likeness (QED) is 0.668. The molecular weight excluding hydrogens is 358 g/mol. The van der Waals surface area contributed by atoms with E-state index in [9.17, 15) is 9.59 Å². The third-order valence-electron chi connectivity index (χ3n) is 4.98. The largest absolute Gasteiger partial charge is 0.365 e. The van der Waals surface area contributed by atoms with Gasteiger partial charge in [-0.15, -0.1) is 11.3 Å². The molecule has 6 heteroatoms. The van der Waals surface area contributed by atoms with Crippen molar-refractivity contribution >= 4 is 39.1 Å². The average molecular weight is 379 g/mol. The number of hydrogen-bond acceptors (Lipinski definition) is 4. The van der Waals surface area contributed by atoms with Crippen molar-refractivity contribution in [3.63, 3.8) is 0 Å². The second-order valence-electron chi connectivity index (χ2n) is 6.92. The minimum absolute atomic E-state index is 0.240. The molecule has 138 valence electrons. The van der Waals surface area contributed by atoms with Gasteiger partial charge in [-0.25, -0.2) is 0 Å². The maximum absolute atomic E-state index is 13.1. The molecule has 0 saturated carbocycles. The second kappa shape index (κ2) is 7.12. The lowest BCUT2D eigenvalue weighted by molar-refractivity contribution is 0.100. The molecule has 0 saturated heterocycles. The first-order chi connectivity index (χ1) is 13.0.